The Labute approximate surface area is 122 Å². The molecule has 2 aliphatic rings. The predicted molar refractivity (Wildman–Crippen MR) is 82.9 cm³/mol. The van der Waals surface area contributed by atoms with Crippen molar-refractivity contribution in [3.63, 3.8) is 0 Å². The van der Waals surface area contributed by atoms with Crippen LogP contribution in [0.4, 0.5) is 0 Å². The minimum atomic E-state index is -0.326. The zero-order chi connectivity index (χ0) is 14.3. The fourth-order valence-electron chi connectivity index (χ4n) is 4.64. The second kappa shape index (κ2) is 5.50. The molecular formula is C18H27NO. The molecule has 0 radical (unpaired) electrons. The molecule has 3 rings (SSSR count). The number of benzene rings is 1. The van der Waals surface area contributed by atoms with Gasteiger partial charge in [-0.1, -0.05) is 24.1 Å². The highest BCUT2D eigenvalue weighted by atomic mass is 16.3. The second-order valence-corrected chi connectivity index (χ2v) is 6.93. The van der Waals surface area contributed by atoms with Gasteiger partial charge in [0.2, 0.25) is 0 Å². The van der Waals surface area contributed by atoms with E-state index in [4.69, 9.17) is 0 Å². The molecule has 1 aromatic carbocycles. The molecule has 2 N–H and O–H groups in total. The number of hydrogen-bond donors (Lipinski definition) is 2. The highest BCUT2D eigenvalue weighted by Gasteiger charge is 2.39. The van der Waals surface area contributed by atoms with Crippen LogP contribution in [0, 0.1) is 32.6 Å². The van der Waals surface area contributed by atoms with Crippen LogP contribution in [-0.4, -0.2) is 17.7 Å². The minimum Gasteiger partial charge on any atom is -0.388 e. The summed E-state index contributed by atoms with van der Waals surface area (Å²) in [5.41, 5.74) is 4.90. The van der Waals surface area contributed by atoms with Crippen LogP contribution >= 0.6 is 0 Å². The number of aryl methyl sites for hydroxylation is 3. The molecular weight excluding hydrogens is 246 g/mol. The highest BCUT2D eigenvalue weighted by Crippen LogP contribution is 2.40. The van der Waals surface area contributed by atoms with Crippen molar-refractivity contribution in [1.29, 1.82) is 0 Å². The van der Waals surface area contributed by atoms with Crippen LogP contribution in [0.25, 0.3) is 0 Å². The van der Waals surface area contributed by atoms with Gasteiger partial charge in [-0.25, -0.2) is 0 Å². The van der Waals surface area contributed by atoms with Crippen molar-refractivity contribution in [2.24, 2.45) is 11.8 Å². The third-order valence-electron chi connectivity index (χ3n) is 5.43. The van der Waals surface area contributed by atoms with Crippen molar-refractivity contribution < 1.29 is 5.11 Å². The Morgan fingerprint density at radius 3 is 2.60 bits per heavy atom. The maximum Gasteiger partial charge on any atom is 0.0810 e. The SMILES string of the molecule is Cc1cc(C)c(C(O)CC2NCC3CCCC32)c(C)c1. The largest absolute Gasteiger partial charge is 0.388 e. The number of aliphatic hydroxyl groups excluding tert-OH is 1. The van der Waals surface area contributed by atoms with E-state index in [9.17, 15) is 5.11 Å². The molecule has 1 saturated heterocycles. The van der Waals surface area contributed by atoms with E-state index in [1.54, 1.807) is 0 Å². The van der Waals surface area contributed by atoms with Crippen molar-refractivity contribution in [2.45, 2.75) is 58.6 Å². The molecule has 0 spiro atoms. The summed E-state index contributed by atoms with van der Waals surface area (Å²) in [6.45, 7) is 7.53. The molecule has 4 atom stereocenters. The molecule has 1 aromatic rings. The molecule has 0 bridgehead atoms. The molecule has 1 aliphatic carbocycles. The van der Waals surface area contributed by atoms with Gasteiger partial charge in [0.1, 0.15) is 0 Å². The fraction of sp³-hybridized carbons (Fsp3) is 0.667. The molecule has 1 saturated carbocycles. The first-order valence-electron chi connectivity index (χ1n) is 8.05. The summed E-state index contributed by atoms with van der Waals surface area (Å²) in [6, 6.07) is 4.88. The van der Waals surface area contributed by atoms with Gasteiger partial charge in [0.25, 0.3) is 0 Å². The molecule has 110 valence electrons. The molecule has 1 heterocycles. The Morgan fingerprint density at radius 2 is 1.90 bits per heavy atom. The van der Waals surface area contributed by atoms with Crippen LogP contribution in [0.15, 0.2) is 12.1 Å². The maximum atomic E-state index is 10.7. The monoisotopic (exact) mass is 273 g/mol. The molecule has 2 nitrogen and oxygen atoms in total. The number of rotatable bonds is 3. The van der Waals surface area contributed by atoms with Gasteiger partial charge in [-0.3, -0.25) is 0 Å². The molecule has 4 unspecified atom stereocenters. The Balaban J connectivity index is 1.75. The predicted octanol–water partition coefficient (Wildman–Crippen LogP) is 3.42. The summed E-state index contributed by atoms with van der Waals surface area (Å²) >= 11 is 0. The topological polar surface area (TPSA) is 32.3 Å². The van der Waals surface area contributed by atoms with Gasteiger partial charge in [0.05, 0.1) is 6.10 Å². The zero-order valence-corrected chi connectivity index (χ0v) is 12.9. The molecule has 0 aromatic heterocycles. The normalized spacial score (nSPS) is 30.5. The van der Waals surface area contributed by atoms with E-state index in [-0.39, 0.29) is 6.10 Å². The van der Waals surface area contributed by atoms with Gasteiger partial charge in [0, 0.05) is 6.04 Å². The smallest absolute Gasteiger partial charge is 0.0810 e. The Morgan fingerprint density at radius 1 is 1.20 bits per heavy atom. The Bertz CT molecular complexity index is 473. The van der Waals surface area contributed by atoms with Crippen molar-refractivity contribution in [2.75, 3.05) is 6.54 Å². The van der Waals surface area contributed by atoms with Crippen molar-refractivity contribution >= 4 is 0 Å². The van der Waals surface area contributed by atoms with Gasteiger partial charge >= 0.3 is 0 Å². The average Bonchev–Trinajstić information content (AvgIpc) is 2.92. The molecule has 0 amide bonds. The Kier molecular flexibility index (Phi) is 3.87. The number of nitrogens with one attached hydrogen (secondary N) is 1. The van der Waals surface area contributed by atoms with E-state index in [1.165, 1.54) is 36.0 Å². The van der Waals surface area contributed by atoms with Crippen LogP contribution in [0.5, 0.6) is 0 Å². The summed E-state index contributed by atoms with van der Waals surface area (Å²) in [5, 5.41) is 14.4. The van der Waals surface area contributed by atoms with Crippen molar-refractivity contribution in [3.8, 4) is 0 Å². The average molecular weight is 273 g/mol. The quantitative estimate of drug-likeness (QED) is 0.884. The summed E-state index contributed by atoms with van der Waals surface area (Å²) in [7, 11) is 0. The van der Waals surface area contributed by atoms with Crippen LogP contribution in [0.1, 0.15) is 54.0 Å². The molecule has 2 heteroatoms. The molecule has 2 fully saturated rings. The van der Waals surface area contributed by atoms with Crippen LogP contribution in [-0.2, 0) is 0 Å². The second-order valence-electron chi connectivity index (χ2n) is 6.93. The van der Waals surface area contributed by atoms with Gasteiger partial charge in [0.15, 0.2) is 0 Å². The van der Waals surface area contributed by atoms with E-state index >= 15 is 0 Å². The van der Waals surface area contributed by atoms with Crippen molar-refractivity contribution in [3.05, 3.63) is 34.4 Å². The number of aliphatic hydroxyl groups is 1. The van der Waals surface area contributed by atoms with Crippen LogP contribution < -0.4 is 5.32 Å². The first-order valence-corrected chi connectivity index (χ1v) is 8.05. The van der Waals surface area contributed by atoms with E-state index in [2.05, 4.69) is 38.2 Å². The highest BCUT2D eigenvalue weighted by molar-refractivity contribution is 5.39. The lowest BCUT2D eigenvalue weighted by atomic mass is 9.87. The molecule has 1 aliphatic heterocycles. The van der Waals surface area contributed by atoms with Crippen molar-refractivity contribution in [1.82, 2.24) is 5.32 Å². The van der Waals surface area contributed by atoms with Gasteiger partial charge in [-0.15, -0.1) is 0 Å². The first kappa shape index (κ1) is 14.1. The lowest BCUT2D eigenvalue weighted by Gasteiger charge is -2.24. The standard InChI is InChI=1S/C18H27NO/c1-11-7-12(2)18(13(3)8-11)17(20)9-16-15-6-4-5-14(15)10-19-16/h7-8,14-17,19-20H,4-6,9-10H2,1-3H3. The lowest BCUT2D eigenvalue weighted by Crippen LogP contribution is -2.29. The van der Waals surface area contributed by atoms with E-state index < -0.39 is 0 Å². The summed E-state index contributed by atoms with van der Waals surface area (Å²) in [5.74, 6) is 1.67. The minimum absolute atomic E-state index is 0.326. The third-order valence-corrected chi connectivity index (χ3v) is 5.43. The number of fused-ring (bicyclic) bond motifs is 1. The number of hydrogen-bond acceptors (Lipinski definition) is 2. The van der Waals surface area contributed by atoms with Gasteiger partial charge in [-0.2, -0.15) is 0 Å². The van der Waals surface area contributed by atoms with Crippen LogP contribution in [0.2, 0.25) is 0 Å². The third kappa shape index (κ3) is 2.51. The van der Waals surface area contributed by atoms with E-state index in [0.717, 1.165) is 30.4 Å². The first-order chi connectivity index (χ1) is 9.56. The van der Waals surface area contributed by atoms with Gasteiger partial charge in [-0.05, 0) is 75.1 Å². The van der Waals surface area contributed by atoms with Crippen LogP contribution in [0.3, 0.4) is 0 Å². The maximum absolute atomic E-state index is 10.7. The summed E-state index contributed by atoms with van der Waals surface area (Å²) < 4.78 is 0. The fourth-order valence-corrected chi connectivity index (χ4v) is 4.64. The Hall–Kier alpha value is -0.860. The molecule has 20 heavy (non-hydrogen) atoms. The summed E-state index contributed by atoms with van der Waals surface area (Å²) in [6.07, 6.45) is 4.65. The lowest BCUT2D eigenvalue weighted by molar-refractivity contribution is 0.143. The van der Waals surface area contributed by atoms with E-state index in [0.29, 0.717) is 6.04 Å². The van der Waals surface area contributed by atoms with E-state index in [1.807, 2.05) is 0 Å². The van der Waals surface area contributed by atoms with Gasteiger partial charge < -0.3 is 10.4 Å². The zero-order valence-electron chi connectivity index (χ0n) is 12.9. The summed E-state index contributed by atoms with van der Waals surface area (Å²) in [4.78, 5) is 0.